The molecule has 0 amide bonds. The highest BCUT2D eigenvalue weighted by molar-refractivity contribution is 5.02. The van der Waals surface area contributed by atoms with Crippen molar-refractivity contribution in [2.24, 2.45) is 11.8 Å². The summed E-state index contributed by atoms with van der Waals surface area (Å²) in [5, 5.41) is 21.3. The van der Waals surface area contributed by atoms with Crippen LogP contribution in [0.4, 0.5) is 0 Å². The quantitative estimate of drug-likeness (QED) is 0.498. The fourth-order valence-electron chi connectivity index (χ4n) is 2.30. The van der Waals surface area contributed by atoms with Crippen molar-refractivity contribution in [2.75, 3.05) is 13.2 Å². The van der Waals surface area contributed by atoms with Crippen LogP contribution in [-0.4, -0.2) is 35.5 Å². The van der Waals surface area contributed by atoms with E-state index in [0.29, 0.717) is 23.9 Å². The maximum Gasteiger partial charge on any atom is 0.0474 e. The van der Waals surface area contributed by atoms with Gasteiger partial charge in [0.2, 0.25) is 0 Å². The number of rotatable bonds is 2. The molecule has 4 atom stereocenters. The second-order valence-corrected chi connectivity index (χ2v) is 3.74. The van der Waals surface area contributed by atoms with Crippen LogP contribution >= 0.6 is 0 Å². The molecule has 3 N–H and O–H groups in total. The Kier molecular flexibility index (Phi) is 1.87. The molecule has 2 bridgehead atoms. The fraction of sp³-hybridized carbons (Fsp3) is 1.00. The summed E-state index contributed by atoms with van der Waals surface area (Å²) in [5.41, 5.74) is 0. The van der Waals surface area contributed by atoms with Crippen LogP contribution in [0, 0.1) is 11.8 Å². The van der Waals surface area contributed by atoms with Crippen LogP contribution in [0.25, 0.3) is 0 Å². The molecule has 3 rings (SSSR count). The zero-order valence-electron chi connectivity index (χ0n) is 6.53. The third kappa shape index (κ3) is 1.08. The van der Waals surface area contributed by atoms with Crippen LogP contribution in [0.3, 0.4) is 0 Å². The average Bonchev–Trinajstić information content (AvgIpc) is 2.01. The Morgan fingerprint density at radius 3 is 1.82 bits per heavy atom. The first kappa shape index (κ1) is 7.53. The van der Waals surface area contributed by atoms with E-state index in [-0.39, 0.29) is 13.2 Å². The smallest absolute Gasteiger partial charge is 0.0474 e. The number of hydrogen-bond donors (Lipinski definition) is 3. The number of nitrogens with one attached hydrogen (secondary N) is 1. The van der Waals surface area contributed by atoms with Crippen molar-refractivity contribution in [3.05, 3.63) is 0 Å². The lowest BCUT2D eigenvalue weighted by Crippen LogP contribution is -2.65. The summed E-state index contributed by atoms with van der Waals surface area (Å²) in [4.78, 5) is 0. The lowest BCUT2D eigenvalue weighted by atomic mass is 9.69. The number of aliphatic hydroxyl groups is 2. The Morgan fingerprint density at radius 2 is 1.45 bits per heavy atom. The lowest BCUT2D eigenvalue weighted by Gasteiger charge is -2.51. The second kappa shape index (κ2) is 2.73. The molecule has 2 heterocycles. The topological polar surface area (TPSA) is 52.5 Å². The van der Waals surface area contributed by atoms with Gasteiger partial charge in [-0.15, -0.1) is 0 Å². The number of aliphatic hydroxyl groups excluding tert-OH is 2. The minimum Gasteiger partial charge on any atom is -0.396 e. The van der Waals surface area contributed by atoms with Crippen molar-refractivity contribution in [2.45, 2.75) is 24.9 Å². The van der Waals surface area contributed by atoms with Gasteiger partial charge in [0.25, 0.3) is 0 Å². The highest BCUT2D eigenvalue weighted by atomic mass is 16.3. The van der Waals surface area contributed by atoms with Crippen LogP contribution < -0.4 is 5.32 Å². The minimum absolute atomic E-state index is 0.265. The molecule has 3 heteroatoms. The monoisotopic (exact) mass is 157 g/mol. The van der Waals surface area contributed by atoms with Crippen molar-refractivity contribution < 1.29 is 10.2 Å². The molecule has 3 aliphatic rings. The van der Waals surface area contributed by atoms with Gasteiger partial charge in [0.15, 0.2) is 0 Å². The summed E-state index contributed by atoms with van der Waals surface area (Å²) in [6, 6.07) is 1.07. The van der Waals surface area contributed by atoms with E-state index < -0.39 is 0 Å². The molecule has 0 aromatic carbocycles. The molecule has 64 valence electrons. The Bertz CT molecular complexity index is 131. The zero-order chi connectivity index (χ0) is 7.84. The van der Waals surface area contributed by atoms with Crippen LogP contribution in [0.2, 0.25) is 0 Å². The van der Waals surface area contributed by atoms with E-state index in [9.17, 15) is 0 Å². The summed E-state index contributed by atoms with van der Waals surface area (Å²) in [6.07, 6.45) is 2.14. The molecule has 0 aromatic heterocycles. The molecule has 1 aliphatic carbocycles. The largest absolute Gasteiger partial charge is 0.396 e. The van der Waals surface area contributed by atoms with E-state index in [1.807, 2.05) is 0 Å². The van der Waals surface area contributed by atoms with Crippen LogP contribution in [0.1, 0.15) is 12.8 Å². The average molecular weight is 157 g/mol. The van der Waals surface area contributed by atoms with Gasteiger partial charge in [-0.3, -0.25) is 0 Å². The molecular formula is C8H15NO2. The maximum atomic E-state index is 8.98. The summed E-state index contributed by atoms with van der Waals surface area (Å²) in [6.45, 7) is 0.530. The molecule has 0 radical (unpaired) electrons. The minimum atomic E-state index is 0.265. The number of fused-ring (bicyclic) bond motifs is 2. The van der Waals surface area contributed by atoms with Crippen molar-refractivity contribution in [1.82, 2.24) is 5.32 Å². The van der Waals surface area contributed by atoms with Gasteiger partial charge in [0.05, 0.1) is 0 Å². The first-order valence-corrected chi connectivity index (χ1v) is 4.33. The number of piperidine rings is 1. The van der Waals surface area contributed by atoms with Gasteiger partial charge in [-0.25, -0.2) is 0 Å². The third-order valence-electron chi connectivity index (χ3n) is 3.15. The Hall–Kier alpha value is -0.120. The first-order valence-electron chi connectivity index (χ1n) is 4.33. The van der Waals surface area contributed by atoms with E-state index in [1.54, 1.807) is 0 Å². The normalized spacial score (nSPS) is 48.5. The Balaban J connectivity index is 1.96. The molecule has 3 nitrogen and oxygen atoms in total. The zero-order valence-corrected chi connectivity index (χ0v) is 6.53. The highest BCUT2D eigenvalue weighted by Gasteiger charge is 2.44. The maximum absolute atomic E-state index is 8.98. The second-order valence-electron chi connectivity index (χ2n) is 3.74. The van der Waals surface area contributed by atoms with Crippen molar-refractivity contribution in [3.63, 3.8) is 0 Å². The van der Waals surface area contributed by atoms with Gasteiger partial charge >= 0.3 is 0 Å². The van der Waals surface area contributed by atoms with E-state index in [1.165, 1.54) is 0 Å². The van der Waals surface area contributed by atoms with E-state index in [0.717, 1.165) is 12.8 Å². The highest BCUT2D eigenvalue weighted by Crippen LogP contribution is 2.36. The Labute approximate surface area is 66.4 Å². The first-order chi connectivity index (χ1) is 5.35. The molecule has 4 unspecified atom stereocenters. The summed E-state index contributed by atoms with van der Waals surface area (Å²) in [7, 11) is 0. The van der Waals surface area contributed by atoms with E-state index in [2.05, 4.69) is 5.32 Å². The Morgan fingerprint density at radius 1 is 1.00 bits per heavy atom. The molecule has 2 saturated heterocycles. The van der Waals surface area contributed by atoms with Crippen LogP contribution in [0.15, 0.2) is 0 Å². The molecule has 0 aromatic rings. The summed E-state index contributed by atoms with van der Waals surface area (Å²) in [5.74, 6) is 0.772. The predicted molar refractivity (Wildman–Crippen MR) is 41.1 cm³/mol. The van der Waals surface area contributed by atoms with Gasteiger partial charge in [-0.2, -0.15) is 0 Å². The molecule has 2 aliphatic heterocycles. The molecular weight excluding hydrogens is 142 g/mol. The number of hydrogen-bond acceptors (Lipinski definition) is 3. The third-order valence-corrected chi connectivity index (χ3v) is 3.15. The van der Waals surface area contributed by atoms with E-state index in [4.69, 9.17) is 10.2 Å². The van der Waals surface area contributed by atoms with Crippen LogP contribution in [-0.2, 0) is 0 Å². The SMILES string of the molecule is OCC1CC(CO)C2CC1N2. The summed E-state index contributed by atoms with van der Waals surface area (Å²) < 4.78 is 0. The van der Waals surface area contributed by atoms with Crippen molar-refractivity contribution in [3.8, 4) is 0 Å². The lowest BCUT2D eigenvalue weighted by molar-refractivity contribution is 0.000389. The summed E-state index contributed by atoms with van der Waals surface area (Å²) >= 11 is 0. The molecule has 3 fully saturated rings. The van der Waals surface area contributed by atoms with Gasteiger partial charge in [-0.1, -0.05) is 0 Å². The predicted octanol–water partition coefficient (Wildman–Crippen LogP) is -0.662. The van der Waals surface area contributed by atoms with E-state index >= 15 is 0 Å². The van der Waals surface area contributed by atoms with Gasteiger partial charge in [-0.05, 0) is 24.7 Å². The van der Waals surface area contributed by atoms with Gasteiger partial charge < -0.3 is 15.5 Å². The fourth-order valence-corrected chi connectivity index (χ4v) is 2.30. The van der Waals surface area contributed by atoms with Crippen molar-refractivity contribution in [1.29, 1.82) is 0 Å². The standard InChI is InChI=1S/C8H15NO2/c10-3-5-1-6(4-11)8-2-7(5)9-8/h5-11H,1-4H2. The van der Waals surface area contributed by atoms with Crippen LogP contribution in [0.5, 0.6) is 0 Å². The van der Waals surface area contributed by atoms with Gasteiger partial charge in [0, 0.05) is 25.3 Å². The molecule has 11 heavy (non-hydrogen) atoms. The van der Waals surface area contributed by atoms with Crippen molar-refractivity contribution >= 4 is 0 Å². The molecule has 0 spiro atoms. The molecule has 1 saturated carbocycles. The van der Waals surface area contributed by atoms with Gasteiger partial charge in [0.1, 0.15) is 0 Å².